The van der Waals surface area contributed by atoms with Gasteiger partial charge in [-0.3, -0.25) is 4.99 Å². The number of rotatable bonds is 5. The zero-order valence-corrected chi connectivity index (χ0v) is 16.6. The zero-order chi connectivity index (χ0) is 18.7. The summed E-state index contributed by atoms with van der Waals surface area (Å²) >= 11 is 6.15. The van der Waals surface area contributed by atoms with E-state index in [0.717, 1.165) is 34.1 Å². The molecular weight excluding hydrogens is 340 g/mol. The molecule has 0 aliphatic heterocycles. The molecule has 1 heterocycles. The van der Waals surface area contributed by atoms with E-state index >= 15 is 0 Å². The number of hydrogen-bond acceptors (Lipinski definition) is 1. The number of aryl methyl sites for hydroxylation is 1. The van der Waals surface area contributed by atoms with Crippen molar-refractivity contribution in [3.05, 3.63) is 82.1 Å². The highest BCUT2D eigenvalue weighted by atomic mass is 35.5. The highest BCUT2D eigenvalue weighted by Crippen LogP contribution is 2.24. The lowest BCUT2D eigenvalue weighted by Crippen LogP contribution is -1.99. The van der Waals surface area contributed by atoms with E-state index in [0.29, 0.717) is 5.92 Å². The Bertz CT molecular complexity index is 920. The normalized spacial score (nSPS) is 12.7. The summed E-state index contributed by atoms with van der Waals surface area (Å²) in [4.78, 5) is 4.66. The van der Waals surface area contributed by atoms with Crippen LogP contribution in [0.1, 0.15) is 48.7 Å². The number of hydrogen-bond donors (Lipinski definition) is 0. The lowest BCUT2D eigenvalue weighted by atomic mass is 9.99. The van der Waals surface area contributed by atoms with Crippen LogP contribution in [0, 0.1) is 13.8 Å². The van der Waals surface area contributed by atoms with Crippen LogP contribution < -0.4 is 0 Å². The summed E-state index contributed by atoms with van der Waals surface area (Å²) < 4.78 is 2.21. The van der Waals surface area contributed by atoms with Crippen molar-refractivity contribution in [1.82, 2.24) is 4.57 Å². The summed E-state index contributed by atoms with van der Waals surface area (Å²) in [6, 6.07) is 18.6. The van der Waals surface area contributed by atoms with Crippen molar-refractivity contribution in [2.45, 2.75) is 40.0 Å². The van der Waals surface area contributed by atoms with Gasteiger partial charge in [0.05, 0.1) is 5.69 Å². The summed E-state index contributed by atoms with van der Waals surface area (Å²) in [7, 11) is 0. The van der Waals surface area contributed by atoms with Crippen molar-refractivity contribution in [3.8, 4) is 5.69 Å². The average molecular weight is 365 g/mol. The van der Waals surface area contributed by atoms with Crippen molar-refractivity contribution >= 4 is 23.5 Å². The maximum absolute atomic E-state index is 6.15. The predicted octanol–water partition coefficient (Wildman–Crippen LogP) is 7.01. The van der Waals surface area contributed by atoms with Gasteiger partial charge in [0.1, 0.15) is 0 Å². The number of benzene rings is 2. The average Bonchev–Trinajstić information content (AvgIpc) is 2.93. The van der Waals surface area contributed by atoms with Gasteiger partial charge in [0.15, 0.2) is 0 Å². The van der Waals surface area contributed by atoms with Crippen LogP contribution in [0.4, 0.5) is 5.69 Å². The van der Waals surface area contributed by atoms with Gasteiger partial charge in [0.2, 0.25) is 0 Å². The second kappa shape index (κ2) is 7.92. The minimum absolute atomic E-state index is 0.588. The Labute approximate surface area is 161 Å². The van der Waals surface area contributed by atoms with Gasteiger partial charge < -0.3 is 4.57 Å². The van der Waals surface area contributed by atoms with Gasteiger partial charge in [0.25, 0.3) is 0 Å². The Balaban J connectivity index is 1.87. The predicted molar refractivity (Wildman–Crippen MR) is 113 cm³/mol. The molecule has 2 aromatic carbocycles. The van der Waals surface area contributed by atoms with E-state index in [1.807, 2.05) is 24.4 Å². The monoisotopic (exact) mass is 364 g/mol. The smallest absolute Gasteiger partial charge is 0.0630 e. The van der Waals surface area contributed by atoms with Gasteiger partial charge in [-0.05, 0) is 68.1 Å². The summed E-state index contributed by atoms with van der Waals surface area (Å²) in [5, 5.41) is 0.742. The Kier molecular flexibility index (Phi) is 5.63. The fraction of sp³-hybridized carbons (Fsp3) is 0.261. The van der Waals surface area contributed by atoms with Gasteiger partial charge in [-0.15, -0.1) is 0 Å². The molecular formula is C23H25ClN2. The standard InChI is InChI=1S/C23H25ClN2/c1-5-16(2)19-9-11-22(12-10-19)25-15-20-13-17(3)26(18(20)4)23-8-6-7-21(24)14-23/h6-16H,5H2,1-4H3/t16-/m0/s1. The summed E-state index contributed by atoms with van der Waals surface area (Å²) in [6.07, 6.45) is 3.10. The molecule has 0 aliphatic rings. The first-order chi connectivity index (χ1) is 12.5. The molecule has 26 heavy (non-hydrogen) atoms. The third kappa shape index (κ3) is 3.91. The highest BCUT2D eigenvalue weighted by Gasteiger charge is 2.09. The van der Waals surface area contributed by atoms with Crippen LogP contribution in [0.15, 0.2) is 59.6 Å². The molecule has 3 aromatic rings. The molecule has 0 N–H and O–H groups in total. The zero-order valence-electron chi connectivity index (χ0n) is 15.8. The molecule has 0 saturated carbocycles. The van der Waals surface area contributed by atoms with Gasteiger partial charge in [-0.1, -0.05) is 43.6 Å². The van der Waals surface area contributed by atoms with Crippen LogP contribution in [0.25, 0.3) is 5.69 Å². The van der Waals surface area contributed by atoms with Gasteiger partial charge in [-0.2, -0.15) is 0 Å². The molecule has 2 nitrogen and oxygen atoms in total. The minimum Gasteiger partial charge on any atom is -0.318 e. The van der Waals surface area contributed by atoms with Gasteiger partial charge in [-0.25, -0.2) is 0 Å². The summed E-state index contributed by atoms with van der Waals surface area (Å²) in [5.74, 6) is 0.588. The second-order valence-electron chi connectivity index (χ2n) is 6.80. The molecule has 0 saturated heterocycles. The molecule has 0 fully saturated rings. The van der Waals surface area contributed by atoms with E-state index < -0.39 is 0 Å². The minimum atomic E-state index is 0.588. The van der Waals surface area contributed by atoms with Crippen LogP contribution in [0.3, 0.4) is 0 Å². The van der Waals surface area contributed by atoms with Crippen molar-refractivity contribution in [2.75, 3.05) is 0 Å². The Morgan fingerprint density at radius 1 is 1.08 bits per heavy atom. The topological polar surface area (TPSA) is 17.3 Å². The van der Waals surface area contributed by atoms with Crippen LogP contribution >= 0.6 is 11.6 Å². The second-order valence-corrected chi connectivity index (χ2v) is 7.24. The van der Waals surface area contributed by atoms with Crippen LogP contribution in [-0.2, 0) is 0 Å². The first kappa shape index (κ1) is 18.5. The molecule has 134 valence electrons. The highest BCUT2D eigenvalue weighted by molar-refractivity contribution is 6.30. The summed E-state index contributed by atoms with van der Waals surface area (Å²) in [6.45, 7) is 8.68. The number of aromatic nitrogens is 1. The summed E-state index contributed by atoms with van der Waals surface area (Å²) in [5.41, 5.74) is 6.86. The third-order valence-corrected chi connectivity index (χ3v) is 5.20. The van der Waals surface area contributed by atoms with Crippen molar-refractivity contribution in [3.63, 3.8) is 0 Å². The molecule has 3 heteroatoms. The van der Waals surface area contributed by atoms with E-state index in [2.05, 4.69) is 73.7 Å². The fourth-order valence-corrected chi connectivity index (χ4v) is 3.38. The van der Waals surface area contributed by atoms with Gasteiger partial charge >= 0.3 is 0 Å². The number of nitrogens with zero attached hydrogens (tertiary/aromatic N) is 2. The quantitative estimate of drug-likeness (QED) is 0.433. The molecule has 0 amide bonds. The van der Waals surface area contributed by atoms with E-state index in [1.54, 1.807) is 0 Å². The molecule has 3 rings (SSSR count). The van der Waals surface area contributed by atoms with E-state index in [-0.39, 0.29) is 0 Å². The van der Waals surface area contributed by atoms with Gasteiger partial charge in [0, 0.05) is 33.9 Å². The van der Waals surface area contributed by atoms with E-state index in [1.165, 1.54) is 11.3 Å². The SMILES string of the molecule is CC[C@H](C)c1ccc(N=Cc2cc(C)n(-c3cccc(Cl)c3)c2C)cc1. The van der Waals surface area contributed by atoms with Crippen LogP contribution in [0.2, 0.25) is 5.02 Å². The molecule has 0 unspecified atom stereocenters. The number of halogens is 1. The van der Waals surface area contributed by atoms with Crippen LogP contribution in [0.5, 0.6) is 0 Å². The van der Waals surface area contributed by atoms with E-state index in [4.69, 9.17) is 11.6 Å². The Hall–Kier alpha value is -2.32. The first-order valence-corrected chi connectivity index (χ1v) is 9.46. The molecule has 0 spiro atoms. The third-order valence-electron chi connectivity index (χ3n) is 4.96. The maximum Gasteiger partial charge on any atom is 0.0630 e. The molecule has 0 bridgehead atoms. The maximum atomic E-state index is 6.15. The number of aliphatic imine (C=N–C) groups is 1. The first-order valence-electron chi connectivity index (χ1n) is 9.08. The van der Waals surface area contributed by atoms with Crippen molar-refractivity contribution in [2.24, 2.45) is 4.99 Å². The lowest BCUT2D eigenvalue weighted by Gasteiger charge is -2.10. The molecule has 1 aromatic heterocycles. The fourth-order valence-electron chi connectivity index (χ4n) is 3.20. The Morgan fingerprint density at radius 3 is 2.46 bits per heavy atom. The van der Waals surface area contributed by atoms with Crippen molar-refractivity contribution in [1.29, 1.82) is 0 Å². The largest absolute Gasteiger partial charge is 0.318 e. The molecule has 0 radical (unpaired) electrons. The lowest BCUT2D eigenvalue weighted by molar-refractivity contribution is 0.734. The Morgan fingerprint density at radius 2 is 1.81 bits per heavy atom. The molecule has 1 atom stereocenters. The van der Waals surface area contributed by atoms with Crippen LogP contribution in [-0.4, -0.2) is 10.8 Å². The van der Waals surface area contributed by atoms with Crippen molar-refractivity contribution < 1.29 is 0 Å². The van der Waals surface area contributed by atoms with E-state index in [9.17, 15) is 0 Å². The molecule has 0 aliphatic carbocycles.